The minimum absolute atomic E-state index is 0.0411. The molecule has 0 fully saturated rings. The fourth-order valence-corrected chi connectivity index (χ4v) is 2.09. The van der Waals surface area contributed by atoms with Crippen molar-refractivity contribution in [3.05, 3.63) is 59.2 Å². The molecule has 0 radical (unpaired) electrons. The second-order valence-corrected chi connectivity index (χ2v) is 5.11. The maximum atomic E-state index is 12.3. The lowest BCUT2D eigenvalue weighted by atomic mass is 10.1. The Morgan fingerprint density at radius 3 is 2.35 bits per heavy atom. The first kappa shape index (κ1) is 16.5. The summed E-state index contributed by atoms with van der Waals surface area (Å²) in [6.45, 7) is 3.18. The number of para-hydroxylation sites is 1. The van der Waals surface area contributed by atoms with Crippen LogP contribution < -0.4 is 4.74 Å². The number of phenolic OH excluding ortho intramolecular Hbond substituents is 1. The van der Waals surface area contributed by atoms with E-state index in [1.54, 1.807) is 43.3 Å². The number of methoxy groups -OCH3 is 1. The molecule has 0 aliphatic rings. The van der Waals surface area contributed by atoms with Crippen molar-refractivity contribution in [3.63, 3.8) is 0 Å². The lowest BCUT2D eigenvalue weighted by Crippen LogP contribution is -2.24. The summed E-state index contributed by atoms with van der Waals surface area (Å²) in [7, 11) is 1.54. The van der Waals surface area contributed by atoms with Crippen LogP contribution in [0.1, 0.15) is 33.2 Å². The highest BCUT2D eigenvalue weighted by Gasteiger charge is 2.22. The van der Waals surface area contributed by atoms with Gasteiger partial charge in [-0.1, -0.05) is 12.1 Å². The number of carbonyl (C=O) groups excluding carboxylic acids is 2. The van der Waals surface area contributed by atoms with E-state index in [0.717, 1.165) is 0 Å². The van der Waals surface area contributed by atoms with Crippen LogP contribution in [0.2, 0.25) is 0 Å². The van der Waals surface area contributed by atoms with E-state index < -0.39 is 12.1 Å². The third-order valence-corrected chi connectivity index (χ3v) is 3.49. The number of aryl methyl sites for hydroxylation is 1. The van der Waals surface area contributed by atoms with E-state index in [0.29, 0.717) is 16.9 Å². The number of rotatable bonds is 5. The summed E-state index contributed by atoms with van der Waals surface area (Å²) in [6.07, 6.45) is -0.962. The number of benzene rings is 2. The van der Waals surface area contributed by atoms with Crippen LogP contribution in [0.3, 0.4) is 0 Å². The number of carbonyl (C=O) groups is 2. The smallest absolute Gasteiger partial charge is 0.342 e. The Kier molecular flexibility index (Phi) is 5.01. The van der Waals surface area contributed by atoms with Gasteiger partial charge in [-0.15, -0.1) is 0 Å². The summed E-state index contributed by atoms with van der Waals surface area (Å²) >= 11 is 0. The Labute approximate surface area is 134 Å². The molecule has 0 amide bonds. The summed E-state index contributed by atoms with van der Waals surface area (Å²) in [5.41, 5.74) is 1.02. The standard InChI is InChI=1S/C18H18O5/c1-11-5-4-6-15(16(11)19)18(21)23-12(2)17(20)13-7-9-14(22-3)10-8-13/h4-10,12,19H,1-3H3/t12-/m1/s1. The van der Waals surface area contributed by atoms with Gasteiger partial charge in [0.15, 0.2) is 6.10 Å². The molecule has 2 aromatic rings. The Hall–Kier alpha value is -2.82. The van der Waals surface area contributed by atoms with Crippen LogP contribution in [0.4, 0.5) is 0 Å². The topological polar surface area (TPSA) is 72.8 Å². The molecule has 5 heteroatoms. The van der Waals surface area contributed by atoms with E-state index >= 15 is 0 Å². The molecule has 2 rings (SSSR count). The number of esters is 1. The van der Waals surface area contributed by atoms with Gasteiger partial charge in [0.05, 0.1) is 7.11 Å². The number of ether oxygens (including phenoxy) is 2. The third-order valence-electron chi connectivity index (χ3n) is 3.49. The van der Waals surface area contributed by atoms with Gasteiger partial charge in [-0.3, -0.25) is 4.79 Å². The van der Waals surface area contributed by atoms with Crippen molar-refractivity contribution in [2.45, 2.75) is 20.0 Å². The molecule has 0 aliphatic heterocycles. The molecule has 0 unspecified atom stereocenters. The maximum absolute atomic E-state index is 12.3. The molecule has 0 heterocycles. The SMILES string of the molecule is COc1ccc(C(=O)[C@@H](C)OC(=O)c2cccc(C)c2O)cc1. The van der Waals surface area contributed by atoms with E-state index in [2.05, 4.69) is 0 Å². The highest BCUT2D eigenvalue weighted by Crippen LogP contribution is 2.23. The van der Waals surface area contributed by atoms with Crippen LogP contribution in [0, 0.1) is 6.92 Å². The van der Waals surface area contributed by atoms with Crippen molar-refractivity contribution in [1.82, 2.24) is 0 Å². The first-order valence-corrected chi connectivity index (χ1v) is 7.12. The summed E-state index contributed by atoms with van der Waals surface area (Å²) in [4.78, 5) is 24.4. The maximum Gasteiger partial charge on any atom is 0.342 e. The quantitative estimate of drug-likeness (QED) is 0.678. The van der Waals surface area contributed by atoms with Crippen LogP contribution in [-0.4, -0.2) is 30.1 Å². The second-order valence-electron chi connectivity index (χ2n) is 5.11. The van der Waals surface area contributed by atoms with E-state index in [4.69, 9.17) is 9.47 Å². The zero-order valence-corrected chi connectivity index (χ0v) is 13.2. The fraction of sp³-hybridized carbons (Fsp3) is 0.222. The van der Waals surface area contributed by atoms with Gasteiger partial charge in [-0.25, -0.2) is 4.79 Å². The molecular weight excluding hydrogens is 296 g/mol. The first-order chi connectivity index (χ1) is 10.9. The van der Waals surface area contributed by atoms with Gasteiger partial charge >= 0.3 is 5.97 Å². The zero-order chi connectivity index (χ0) is 17.0. The van der Waals surface area contributed by atoms with Gasteiger partial charge in [0.1, 0.15) is 17.1 Å². The van der Waals surface area contributed by atoms with Crippen LogP contribution in [0.25, 0.3) is 0 Å². The molecule has 0 aliphatic carbocycles. The monoisotopic (exact) mass is 314 g/mol. The number of hydrogen-bond donors (Lipinski definition) is 1. The average molecular weight is 314 g/mol. The second kappa shape index (κ2) is 6.96. The van der Waals surface area contributed by atoms with E-state index in [9.17, 15) is 14.7 Å². The summed E-state index contributed by atoms with van der Waals surface area (Å²) in [6, 6.07) is 11.3. The molecule has 0 saturated heterocycles. The van der Waals surface area contributed by atoms with Crippen molar-refractivity contribution < 1.29 is 24.2 Å². The number of aromatic hydroxyl groups is 1. The molecule has 23 heavy (non-hydrogen) atoms. The van der Waals surface area contributed by atoms with E-state index in [1.807, 2.05) is 0 Å². The van der Waals surface area contributed by atoms with Gasteiger partial charge in [0, 0.05) is 5.56 Å². The van der Waals surface area contributed by atoms with Crippen LogP contribution in [0.15, 0.2) is 42.5 Å². The lowest BCUT2D eigenvalue weighted by Gasteiger charge is -2.13. The molecule has 1 atom stereocenters. The van der Waals surface area contributed by atoms with Crippen molar-refractivity contribution >= 4 is 11.8 Å². The highest BCUT2D eigenvalue weighted by atomic mass is 16.5. The number of hydrogen-bond acceptors (Lipinski definition) is 5. The molecule has 1 N–H and O–H groups in total. The molecule has 0 bridgehead atoms. The van der Waals surface area contributed by atoms with Gasteiger partial charge in [0.2, 0.25) is 5.78 Å². The van der Waals surface area contributed by atoms with Crippen molar-refractivity contribution in [2.75, 3.05) is 7.11 Å². The molecule has 2 aromatic carbocycles. The summed E-state index contributed by atoms with van der Waals surface area (Å²) in [5, 5.41) is 9.89. The molecule has 5 nitrogen and oxygen atoms in total. The van der Waals surface area contributed by atoms with E-state index in [1.165, 1.54) is 20.1 Å². The Morgan fingerprint density at radius 2 is 1.74 bits per heavy atom. The predicted octanol–water partition coefficient (Wildman–Crippen LogP) is 3.14. The number of Topliss-reactive ketones (excluding diaryl/α,β-unsaturated/α-hetero) is 1. The number of phenols is 1. The lowest BCUT2D eigenvalue weighted by molar-refractivity contribution is 0.0316. The van der Waals surface area contributed by atoms with Crippen molar-refractivity contribution in [1.29, 1.82) is 0 Å². The van der Waals surface area contributed by atoms with Crippen LogP contribution in [-0.2, 0) is 4.74 Å². The first-order valence-electron chi connectivity index (χ1n) is 7.12. The molecular formula is C18H18O5. The molecule has 120 valence electrons. The molecule has 0 aromatic heterocycles. The minimum Gasteiger partial charge on any atom is -0.507 e. The normalized spacial score (nSPS) is 11.6. The van der Waals surface area contributed by atoms with Crippen molar-refractivity contribution in [3.8, 4) is 11.5 Å². The largest absolute Gasteiger partial charge is 0.507 e. The molecule has 0 saturated carbocycles. The summed E-state index contributed by atoms with van der Waals surface area (Å²) in [5.74, 6) is -0.564. The Morgan fingerprint density at radius 1 is 1.09 bits per heavy atom. The van der Waals surface area contributed by atoms with Gasteiger partial charge in [-0.05, 0) is 49.7 Å². The Balaban J connectivity index is 2.11. The van der Waals surface area contributed by atoms with Gasteiger partial charge < -0.3 is 14.6 Å². The highest BCUT2D eigenvalue weighted by molar-refractivity contribution is 6.02. The van der Waals surface area contributed by atoms with E-state index in [-0.39, 0.29) is 17.1 Å². The predicted molar refractivity (Wildman–Crippen MR) is 85.0 cm³/mol. The summed E-state index contributed by atoms with van der Waals surface area (Å²) < 4.78 is 10.2. The Bertz CT molecular complexity index is 719. The average Bonchev–Trinajstić information content (AvgIpc) is 2.56. The number of ketones is 1. The molecule has 0 spiro atoms. The minimum atomic E-state index is -0.962. The zero-order valence-electron chi connectivity index (χ0n) is 13.2. The van der Waals surface area contributed by atoms with Gasteiger partial charge in [-0.2, -0.15) is 0 Å². The van der Waals surface area contributed by atoms with Crippen LogP contribution >= 0.6 is 0 Å². The fourth-order valence-electron chi connectivity index (χ4n) is 2.09. The van der Waals surface area contributed by atoms with Crippen LogP contribution in [0.5, 0.6) is 11.5 Å². The van der Waals surface area contributed by atoms with Gasteiger partial charge in [0.25, 0.3) is 0 Å². The third kappa shape index (κ3) is 3.69. The van der Waals surface area contributed by atoms with Crippen molar-refractivity contribution in [2.24, 2.45) is 0 Å².